The third kappa shape index (κ3) is 3.49. The molecular formula is C10H11ClO3. The van der Waals surface area contributed by atoms with Gasteiger partial charge in [0, 0.05) is 0 Å². The third-order valence-electron chi connectivity index (χ3n) is 1.44. The summed E-state index contributed by atoms with van der Waals surface area (Å²) in [4.78, 5) is 11.2. The number of rotatable bonds is 3. The number of esters is 1. The zero-order valence-corrected chi connectivity index (χ0v) is 8.29. The summed E-state index contributed by atoms with van der Waals surface area (Å²) >= 11 is 0. The minimum absolute atomic E-state index is 0. The Kier molecular flexibility index (Phi) is 5.41. The number of aromatic hydroxyl groups is 1. The number of benzene rings is 1. The van der Waals surface area contributed by atoms with Gasteiger partial charge in [-0.25, -0.2) is 4.79 Å². The van der Waals surface area contributed by atoms with Crippen molar-refractivity contribution in [2.75, 3.05) is 6.61 Å². The molecule has 0 radical (unpaired) electrons. The Labute approximate surface area is 88.4 Å². The minimum Gasteiger partial charge on any atom is -0.508 e. The van der Waals surface area contributed by atoms with E-state index >= 15 is 0 Å². The van der Waals surface area contributed by atoms with E-state index < -0.39 is 5.97 Å². The van der Waals surface area contributed by atoms with E-state index in [1.807, 2.05) is 0 Å². The molecule has 0 fully saturated rings. The summed E-state index contributed by atoms with van der Waals surface area (Å²) in [7, 11) is 0. The smallest absolute Gasteiger partial charge is 0.338 e. The molecule has 4 heteroatoms. The van der Waals surface area contributed by atoms with E-state index in [9.17, 15) is 4.79 Å². The van der Waals surface area contributed by atoms with E-state index in [0.717, 1.165) is 0 Å². The predicted molar refractivity (Wildman–Crippen MR) is 55.8 cm³/mol. The fraction of sp³-hybridized carbons (Fsp3) is 0.100. The zero-order valence-electron chi connectivity index (χ0n) is 7.47. The molecule has 0 aromatic heterocycles. The van der Waals surface area contributed by atoms with Gasteiger partial charge in [0.2, 0.25) is 0 Å². The molecule has 0 bridgehead atoms. The lowest BCUT2D eigenvalue weighted by Crippen LogP contribution is -2.04. The van der Waals surface area contributed by atoms with E-state index in [-0.39, 0.29) is 24.8 Å². The highest BCUT2D eigenvalue weighted by atomic mass is 35.5. The fourth-order valence-electron chi connectivity index (χ4n) is 0.815. The predicted octanol–water partition coefficient (Wildman–Crippen LogP) is 2.16. The number of phenols is 1. The molecule has 0 saturated heterocycles. The van der Waals surface area contributed by atoms with Gasteiger partial charge in [-0.05, 0) is 24.3 Å². The van der Waals surface area contributed by atoms with Crippen molar-refractivity contribution in [2.24, 2.45) is 0 Å². The van der Waals surface area contributed by atoms with Crippen molar-refractivity contribution in [3.63, 3.8) is 0 Å². The second-order valence-corrected chi connectivity index (χ2v) is 2.43. The van der Waals surface area contributed by atoms with Gasteiger partial charge < -0.3 is 9.84 Å². The minimum atomic E-state index is -0.417. The maximum Gasteiger partial charge on any atom is 0.338 e. The molecule has 1 N–H and O–H groups in total. The van der Waals surface area contributed by atoms with Crippen molar-refractivity contribution in [3.05, 3.63) is 42.5 Å². The van der Waals surface area contributed by atoms with Gasteiger partial charge in [0.05, 0.1) is 5.56 Å². The van der Waals surface area contributed by atoms with Crippen LogP contribution in [0.25, 0.3) is 0 Å². The van der Waals surface area contributed by atoms with Gasteiger partial charge in [-0.15, -0.1) is 12.4 Å². The van der Waals surface area contributed by atoms with Gasteiger partial charge >= 0.3 is 5.97 Å². The normalized spacial score (nSPS) is 8.57. The Balaban J connectivity index is 0.00000169. The summed E-state index contributed by atoms with van der Waals surface area (Å²) in [5.74, 6) is -0.292. The molecule has 0 spiro atoms. The SMILES string of the molecule is C=CCOC(=O)c1ccc(O)cc1.Cl. The van der Waals surface area contributed by atoms with Crippen LogP contribution < -0.4 is 0 Å². The summed E-state index contributed by atoms with van der Waals surface area (Å²) in [5, 5.41) is 8.95. The van der Waals surface area contributed by atoms with Crippen molar-refractivity contribution < 1.29 is 14.6 Å². The van der Waals surface area contributed by atoms with Crippen LogP contribution in [-0.4, -0.2) is 17.7 Å². The molecule has 76 valence electrons. The summed E-state index contributed by atoms with van der Waals surface area (Å²) in [5.41, 5.74) is 0.416. The first-order valence-electron chi connectivity index (χ1n) is 3.81. The Bertz CT molecular complexity index is 306. The number of ether oxygens (including phenoxy) is 1. The van der Waals surface area contributed by atoms with E-state index in [4.69, 9.17) is 9.84 Å². The van der Waals surface area contributed by atoms with Gasteiger partial charge in [-0.2, -0.15) is 0 Å². The monoisotopic (exact) mass is 214 g/mol. The Morgan fingerprint density at radius 1 is 1.43 bits per heavy atom. The highest BCUT2D eigenvalue weighted by Gasteiger charge is 2.04. The summed E-state index contributed by atoms with van der Waals surface area (Å²) in [6.45, 7) is 3.62. The number of hydrogen-bond acceptors (Lipinski definition) is 3. The average molecular weight is 215 g/mol. The molecule has 0 atom stereocenters. The number of carbonyl (C=O) groups is 1. The van der Waals surface area contributed by atoms with Gasteiger partial charge in [-0.3, -0.25) is 0 Å². The zero-order chi connectivity index (χ0) is 9.68. The molecule has 1 rings (SSSR count). The highest BCUT2D eigenvalue weighted by Crippen LogP contribution is 2.10. The summed E-state index contributed by atoms with van der Waals surface area (Å²) < 4.78 is 4.78. The van der Waals surface area contributed by atoms with Crippen LogP contribution in [0.5, 0.6) is 5.75 Å². The molecule has 1 aromatic rings. The molecule has 0 amide bonds. The van der Waals surface area contributed by atoms with E-state index in [0.29, 0.717) is 5.56 Å². The molecule has 0 heterocycles. The molecule has 0 aliphatic rings. The first kappa shape index (κ1) is 12.5. The van der Waals surface area contributed by atoms with Crippen molar-refractivity contribution in [2.45, 2.75) is 0 Å². The quantitative estimate of drug-likeness (QED) is 0.620. The van der Waals surface area contributed by atoms with Crippen LogP contribution in [0.3, 0.4) is 0 Å². The van der Waals surface area contributed by atoms with Crippen LogP contribution in [0.1, 0.15) is 10.4 Å². The van der Waals surface area contributed by atoms with Crippen LogP contribution in [0.4, 0.5) is 0 Å². The van der Waals surface area contributed by atoms with E-state index in [1.54, 1.807) is 0 Å². The summed E-state index contributed by atoms with van der Waals surface area (Å²) in [6.07, 6.45) is 1.50. The molecule has 14 heavy (non-hydrogen) atoms. The lowest BCUT2D eigenvalue weighted by molar-refractivity contribution is 0.0550. The number of halogens is 1. The first-order chi connectivity index (χ1) is 6.24. The van der Waals surface area contributed by atoms with Gasteiger partial charge in [0.25, 0.3) is 0 Å². The lowest BCUT2D eigenvalue weighted by Gasteiger charge is -2.00. The lowest BCUT2D eigenvalue weighted by atomic mass is 10.2. The van der Waals surface area contributed by atoms with Crippen LogP contribution in [0, 0.1) is 0 Å². The molecular weight excluding hydrogens is 204 g/mol. The van der Waals surface area contributed by atoms with Crippen LogP contribution in [0.15, 0.2) is 36.9 Å². The molecule has 0 saturated carbocycles. The molecule has 1 aromatic carbocycles. The molecule has 0 unspecified atom stereocenters. The topological polar surface area (TPSA) is 46.5 Å². The van der Waals surface area contributed by atoms with E-state index in [2.05, 4.69) is 6.58 Å². The van der Waals surface area contributed by atoms with Crippen molar-refractivity contribution in [1.82, 2.24) is 0 Å². The Hall–Kier alpha value is -1.48. The Morgan fingerprint density at radius 2 is 2.00 bits per heavy atom. The van der Waals surface area contributed by atoms with E-state index in [1.165, 1.54) is 30.3 Å². The molecule has 0 aliphatic carbocycles. The van der Waals surface area contributed by atoms with Gasteiger partial charge in [-0.1, -0.05) is 12.7 Å². The number of hydrogen-bond donors (Lipinski definition) is 1. The first-order valence-corrected chi connectivity index (χ1v) is 3.81. The summed E-state index contributed by atoms with van der Waals surface area (Å²) in [6, 6.07) is 5.87. The van der Waals surface area contributed by atoms with Crippen molar-refractivity contribution in [1.29, 1.82) is 0 Å². The van der Waals surface area contributed by atoms with Gasteiger partial charge in [0.1, 0.15) is 12.4 Å². The standard InChI is InChI=1S/C10H10O3.ClH/c1-2-7-13-10(12)8-3-5-9(11)6-4-8;/h2-6,11H,1,7H2;1H. The largest absolute Gasteiger partial charge is 0.508 e. The maximum absolute atomic E-state index is 11.2. The maximum atomic E-state index is 11.2. The Morgan fingerprint density at radius 3 is 2.50 bits per heavy atom. The second-order valence-electron chi connectivity index (χ2n) is 2.43. The van der Waals surface area contributed by atoms with Crippen molar-refractivity contribution in [3.8, 4) is 5.75 Å². The van der Waals surface area contributed by atoms with Crippen LogP contribution in [-0.2, 0) is 4.74 Å². The highest BCUT2D eigenvalue weighted by molar-refractivity contribution is 5.89. The molecule has 0 aliphatic heterocycles. The third-order valence-corrected chi connectivity index (χ3v) is 1.44. The second kappa shape index (κ2) is 6.05. The average Bonchev–Trinajstić information content (AvgIpc) is 2.15. The number of carbonyl (C=O) groups excluding carboxylic acids is 1. The number of phenolic OH excluding ortho intramolecular Hbond substituents is 1. The fourth-order valence-corrected chi connectivity index (χ4v) is 0.815. The van der Waals surface area contributed by atoms with Crippen LogP contribution in [0.2, 0.25) is 0 Å². The molecule has 3 nitrogen and oxygen atoms in total. The van der Waals surface area contributed by atoms with Crippen molar-refractivity contribution >= 4 is 18.4 Å². The van der Waals surface area contributed by atoms with Crippen LogP contribution >= 0.6 is 12.4 Å². The van der Waals surface area contributed by atoms with Gasteiger partial charge in [0.15, 0.2) is 0 Å².